The van der Waals surface area contributed by atoms with Crippen LogP contribution in [0.25, 0.3) is 0 Å². The number of nitrogens with zero attached hydrogens (tertiary/aromatic N) is 2. The topological polar surface area (TPSA) is 66.0 Å². The number of guanidine groups is 1. The summed E-state index contributed by atoms with van der Waals surface area (Å²) in [6, 6.07) is 0.187. The lowest BCUT2D eigenvalue weighted by Crippen LogP contribution is -2.43. The van der Waals surface area contributed by atoms with Crippen molar-refractivity contribution in [2.45, 2.75) is 32.7 Å². The third-order valence-corrected chi connectivity index (χ3v) is 3.21. The summed E-state index contributed by atoms with van der Waals surface area (Å²) in [6.07, 6.45) is 1.57. The molecule has 6 nitrogen and oxygen atoms in total. The highest BCUT2D eigenvalue weighted by Crippen LogP contribution is 2.13. The van der Waals surface area contributed by atoms with Gasteiger partial charge in [0.05, 0.1) is 6.61 Å². The number of carbonyl (C=O) groups is 1. The third-order valence-electron chi connectivity index (χ3n) is 3.21. The lowest BCUT2D eigenvalue weighted by molar-refractivity contribution is -0.121. The lowest BCUT2D eigenvalue weighted by atomic mass is 10.1. The zero-order valence-electron chi connectivity index (χ0n) is 13.1. The van der Waals surface area contributed by atoms with E-state index >= 15 is 0 Å². The fraction of sp³-hybridized carbons (Fsp3) is 0.857. The number of hydrogen-bond acceptors (Lipinski definition) is 3. The molecule has 1 rings (SSSR count). The maximum Gasteiger partial charge on any atom is 0.221 e. The van der Waals surface area contributed by atoms with Crippen LogP contribution in [0.3, 0.4) is 0 Å². The first-order valence-corrected chi connectivity index (χ1v) is 7.31. The SMILES string of the molecule is CN=C(NCCC(=O)NC(C)C)N(C)CC1CCOC1. The summed E-state index contributed by atoms with van der Waals surface area (Å²) in [6.45, 7) is 7.13. The highest BCUT2D eigenvalue weighted by atomic mass is 16.5. The van der Waals surface area contributed by atoms with Gasteiger partial charge in [0.1, 0.15) is 0 Å². The number of amides is 1. The Morgan fingerprint density at radius 2 is 2.25 bits per heavy atom. The van der Waals surface area contributed by atoms with Gasteiger partial charge in [0.2, 0.25) is 5.91 Å². The Kier molecular flexibility index (Phi) is 7.36. The van der Waals surface area contributed by atoms with Crippen LogP contribution in [0.15, 0.2) is 4.99 Å². The van der Waals surface area contributed by atoms with Crippen LogP contribution >= 0.6 is 0 Å². The molecule has 1 aliphatic rings. The Bertz CT molecular complexity index is 325. The highest BCUT2D eigenvalue weighted by molar-refractivity contribution is 5.81. The molecule has 0 saturated carbocycles. The van der Waals surface area contributed by atoms with E-state index in [2.05, 4.69) is 20.5 Å². The molecule has 0 aliphatic carbocycles. The summed E-state index contributed by atoms with van der Waals surface area (Å²) in [5, 5.41) is 6.10. The Labute approximate surface area is 122 Å². The second kappa shape index (κ2) is 8.79. The van der Waals surface area contributed by atoms with E-state index in [1.165, 1.54) is 0 Å². The summed E-state index contributed by atoms with van der Waals surface area (Å²) < 4.78 is 5.38. The van der Waals surface area contributed by atoms with Gasteiger partial charge >= 0.3 is 0 Å². The van der Waals surface area contributed by atoms with Crippen molar-refractivity contribution >= 4 is 11.9 Å². The molecule has 2 N–H and O–H groups in total. The van der Waals surface area contributed by atoms with E-state index in [0.29, 0.717) is 18.9 Å². The average Bonchev–Trinajstić information content (AvgIpc) is 2.86. The quantitative estimate of drug-likeness (QED) is 0.549. The molecule has 0 aromatic heterocycles. The van der Waals surface area contributed by atoms with Gasteiger partial charge in [-0.1, -0.05) is 0 Å². The molecule has 0 spiro atoms. The molecule has 20 heavy (non-hydrogen) atoms. The molecule has 1 saturated heterocycles. The molecule has 0 aromatic rings. The van der Waals surface area contributed by atoms with Crippen LogP contribution in [0.5, 0.6) is 0 Å². The molecule has 1 unspecified atom stereocenters. The minimum Gasteiger partial charge on any atom is -0.381 e. The van der Waals surface area contributed by atoms with Crippen molar-refractivity contribution in [2.24, 2.45) is 10.9 Å². The van der Waals surface area contributed by atoms with Crippen molar-refractivity contribution < 1.29 is 9.53 Å². The molecule has 1 aliphatic heterocycles. The third kappa shape index (κ3) is 6.23. The van der Waals surface area contributed by atoms with Crippen LogP contribution in [0, 0.1) is 5.92 Å². The normalized spacial score (nSPS) is 19.2. The predicted molar refractivity (Wildman–Crippen MR) is 80.8 cm³/mol. The Morgan fingerprint density at radius 3 is 2.80 bits per heavy atom. The molecule has 116 valence electrons. The number of carbonyl (C=O) groups excluding carboxylic acids is 1. The van der Waals surface area contributed by atoms with Crippen LogP contribution in [0.2, 0.25) is 0 Å². The molecule has 0 bridgehead atoms. The fourth-order valence-corrected chi connectivity index (χ4v) is 2.27. The average molecular weight is 284 g/mol. The molecule has 6 heteroatoms. The Balaban J connectivity index is 2.26. The lowest BCUT2D eigenvalue weighted by Gasteiger charge is -2.24. The van der Waals surface area contributed by atoms with Gasteiger partial charge in [-0.2, -0.15) is 0 Å². The van der Waals surface area contributed by atoms with Crippen LogP contribution in [-0.4, -0.2) is 63.2 Å². The number of aliphatic imine (C=N–C) groups is 1. The van der Waals surface area contributed by atoms with E-state index < -0.39 is 0 Å². The zero-order valence-corrected chi connectivity index (χ0v) is 13.1. The minimum atomic E-state index is 0.0646. The smallest absolute Gasteiger partial charge is 0.221 e. The van der Waals surface area contributed by atoms with Crippen molar-refractivity contribution in [2.75, 3.05) is 40.4 Å². The Morgan fingerprint density at radius 1 is 1.50 bits per heavy atom. The summed E-state index contributed by atoms with van der Waals surface area (Å²) in [5.74, 6) is 1.46. The molecule has 1 atom stereocenters. The number of nitrogens with one attached hydrogen (secondary N) is 2. The molecule has 1 fully saturated rings. The molecular formula is C14H28N4O2. The fourth-order valence-electron chi connectivity index (χ4n) is 2.27. The van der Waals surface area contributed by atoms with E-state index in [-0.39, 0.29) is 11.9 Å². The van der Waals surface area contributed by atoms with E-state index in [4.69, 9.17) is 4.74 Å². The van der Waals surface area contributed by atoms with Gasteiger partial charge in [-0.15, -0.1) is 0 Å². The van der Waals surface area contributed by atoms with Gasteiger partial charge in [0.15, 0.2) is 5.96 Å². The maximum atomic E-state index is 11.6. The van der Waals surface area contributed by atoms with Gasteiger partial charge in [0, 0.05) is 52.2 Å². The van der Waals surface area contributed by atoms with Gasteiger partial charge in [-0.3, -0.25) is 9.79 Å². The van der Waals surface area contributed by atoms with Crippen molar-refractivity contribution in [1.29, 1.82) is 0 Å². The largest absolute Gasteiger partial charge is 0.381 e. The van der Waals surface area contributed by atoms with Crippen LogP contribution < -0.4 is 10.6 Å². The molecule has 1 amide bonds. The van der Waals surface area contributed by atoms with Crippen molar-refractivity contribution in [1.82, 2.24) is 15.5 Å². The van der Waals surface area contributed by atoms with E-state index in [1.807, 2.05) is 20.9 Å². The van der Waals surface area contributed by atoms with Crippen LogP contribution in [0.1, 0.15) is 26.7 Å². The van der Waals surface area contributed by atoms with Crippen molar-refractivity contribution in [3.05, 3.63) is 0 Å². The minimum absolute atomic E-state index is 0.0646. The van der Waals surface area contributed by atoms with Gasteiger partial charge in [0.25, 0.3) is 0 Å². The first kappa shape index (κ1) is 16.8. The second-order valence-electron chi connectivity index (χ2n) is 5.56. The standard InChI is InChI=1S/C14H28N4O2/c1-11(2)17-13(19)5-7-16-14(15-3)18(4)9-12-6-8-20-10-12/h11-12H,5-10H2,1-4H3,(H,15,16)(H,17,19). The molecule has 0 aromatic carbocycles. The van der Waals surface area contributed by atoms with E-state index in [1.54, 1.807) is 7.05 Å². The highest BCUT2D eigenvalue weighted by Gasteiger charge is 2.19. The Hall–Kier alpha value is -1.30. The first-order chi connectivity index (χ1) is 9.52. The number of rotatable bonds is 6. The van der Waals surface area contributed by atoms with Gasteiger partial charge in [-0.05, 0) is 20.3 Å². The van der Waals surface area contributed by atoms with Crippen molar-refractivity contribution in [3.63, 3.8) is 0 Å². The van der Waals surface area contributed by atoms with Gasteiger partial charge < -0.3 is 20.3 Å². The first-order valence-electron chi connectivity index (χ1n) is 7.31. The van der Waals surface area contributed by atoms with Crippen LogP contribution in [0.4, 0.5) is 0 Å². The summed E-state index contributed by atoms with van der Waals surface area (Å²) in [4.78, 5) is 17.9. The van der Waals surface area contributed by atoms with Crippen molar-refractivity contribution in [3.8, 4) is 0 Å². The van der Waals surface area contributed by atoms with Gasteiger partial charge in [-0.25, -0.2) is 0 Å². The molecule has 1 heterocycles. The molecular weight excluding hydrogens is 256 g/mol. The maximum absolute atomic E-state index is 11.6. The summed E-state index contributed by atoms with van der Waals surface area (Å²) in [7, 11) is 3.78. The second-order valence-corrected chi connectivity index (χ2v) is 5.56. The molecule has 0 radical (unpaired) electrons. The number of ether oxygens (including phenoxy) is 1. The van der Waals surface area contributed by atoms with Crippen LogP contribution in [-0.2, 0) is 9.53 Å². The zero-order chi connectivity index (χ0) is 15.0. The monoisotopic (exact) mass is 284 g/mol. The van der Waals surface area contributed by atoms with E-state index in [9.17, 15) is 4.79 Å². The summed E-state index contributed by atoms with van der Waals surface area (Å²) in [5.41, 5.74) is 0. The predicted octanol–water partition coefficient (Wildman–Crippen LogP) is 0.445. The summed E-state index contributed by atoms with van der Waals surface area (Å²) >= 11 is 0. The van der Waals surface area contributed by atoms with E-state index in [0.717, 1.165) is 32.1 Å². The number of hydrogen-bond donors (Lipinski definition) is 2.